The van der Waals surface area contributed by atoms with Crippen molar-refractivity contribution in [3.05, 3.63) is 75.6 Å². The van der Waals surface area contributed by atoms with Gasteiger partial charge in [-0.25, -0.2) is 17.8 Å². The highest BCUT2D eigenvalue weighted by Crippen LogP contribution is 2.29. The van der Waals surface area contributed by atoms with E-state index in [9.17, 15) is 18.5 Å². The molecule has 2 N–H and O–H groups in total. The molecule has 0 bridgehead atoms. The summed E-state index contributed by atoms with van der Waals surface area (Å²) in [4.78, 5) is 12.9. The van der Waals surface area contributed by atoms with Gasteiger partial charge in [-0.1, -0.05) is 18.2 Å². The van der Waals surface area contributed by atoms with Crippen molar-refractivity contribution >= 4 is 21.4 Å². The van der Waals surface area contributed by atoms with Gasteiger partial charge in [0.25, 0.3) is 5.69 Å². The highest BCUT2D eigenvalue weighted by molar-refractivity contribution is 7.89. The van der Waals surface area contributed by atoms with Gasteiger partial charge in [0.1, 0.15) is 5.69 Å². The summed E-state index contributed by atoms with van der Waals surface area (Å²) in [6, 6.07) is 13.6. The second-order valence-corrected chi connectivity index (χ2v) is 10.0. The van der Waals surface area contributed by atoms with Crippen LogP contribution in [0.2, 0.25) is 0 Å². The van der Waals surface area contributed by atoms with Crippen molar-refractivity contribution in [1.82, 2.24) is 19.4 Å². The zero-order valence-corrected chi connectivity index (χ0v) is 20.6. The number of nitrogens with one attached hydrogen (secondary N) is 2. The van der Waals surface area contributed by atoms with Crippen molar-refractivity contribution in [2.45, 2.75) is 31.7 Å². The van der Waals surface area contributed by atoms with Crippen molar-refractivity contribution < 1.29 is 13.3 Å². The molecule has 0 saturated carbocycles. The van der Waals surface area contributed by atoms with E-state index in [1.54, 1.807) is 0 Å². The number of hydrogen-bond donors (Lipinski definition) is 2. The third-order valence-corrected chi connectivity index (χ3v) is 6.91. The predicted molar refractivity (Wildman–Crippen MR) is 132 cm³/mol. The lowest BCUT2D eigenvalue weighted by atomic mass is 10.2. The molecule has 34 heavy (non-hydrogen) atoms. The first-order valence-electron chi connectivity index (χ1n) is 10.9. The van der Waals surface area contributed by atoms with Crippen LogP contribution < -0.4 is 10.0 Å². The second kappa shape index (κ2) is 10.8. The Bertz CT molecular complexity index is 1260. The fraction of sp³-hybridized carbons (Fsp3) is 0.348. The van der Waals surface area contributed by atoms with Gasteiger partial charge in [0.05, 0.1) is 21.2 Å². The van der Waals surface area contributed by atoms with Crippen molar-refractivity contribution in [3.63, 3.8) is 0 Å². The molecule has 1 aromatic heterocycles. The first-order valence-corrected chi connectivity index (χ1v) is 12.4. The van der Waals surface area contributed by atoms with Crippen LogP contribution in [0.25, 0.3) is 5.69 Å². The van der Waals surface area contributed by atoms with Crippen LogP contribution in [-0.2, 0) is 16.6 Å². The number of benzene rings is 2. The molecule has 0 saturated heterocycles. The van der Waals surface area contributed by atoms with Gasteiger partial charge in [-0.05, 0) is 65.2 Å². The maximum atomic E-state index is 12.6. The fourth-order valence-electron chi connectivity index (χ4n) is 3.60. The normalized spacial score (nSPS) is 11.7. The van der Waals surface area contributed by atoms with Crippen LogP contribution in [0.4, 0.5) is 11.4 Å². The summed E-state index contributed by atoms with van der Waals surface area (Å²) in [6.45, 7) is 5.11. The van der Waals surface area contributed by atoms with E-state index in [1.165, 1.54) is 12.1 Å². The lowest BCUT2D eigenvalue weighted by Crippen LogP contribution is -2.27. The summed E-state index contributed by atoms with van der Waals surface area (Å²) in [5.74, 6) is 0. The van der Waals surface area contributed by atoms with Crippen molar-refractivity contribution in [3.8, 4) is 5.69 Å². The average molecular weight is 487 g/mol. The van der Waals surface area contributed by atoms with Crippen LogP contribution in [0, 0.1) is 24.0 Å². The highest BCUT2D eigenvalue weighted by Gasteiger charge is 2.22. The molecule has 10 nitrogen and oxygen atoms in total. The van der Waals surface area contributed by atoms with Gasteiger partial charge in [0.15, 0.2) is 0 Å². The van der Waals surface area contributed by atoms with Gasteiger partial charge < -0.3 is 10.2 Å². The quantitative estimate of drug-likeness (QED) is 0.242. The van der Waals surface area contributed by atoms with Crippen LogP contribution >= 0.6 is 0 Å². The van der Waals surface area contributed by atoms with Gasteiger partial charge in [0.2, 0.25) is 10.0 Å². The molecule has 0 unspecified atom stereocenters. The van der Waals surface area contributed by atoms with E-state index < -0.39 is 14.9 Å². The standard InChI is InChI=1S/C23H30N6O4S/c1-17-21(18(2)28(26-17)19-9-6-5-7-10-19)16-24-22-12-11-20(15-23(22)29(30)31)34(32,33)25-13-8-14-27(3)4/h5-7,9-12,15,24-25H,8,13-14,16H2,1-4H3. The Labute approximate surface area is 199 Å². The Kier molecular flexibility index (Phi) is 8.02. The van der Waals surface area contributed by atoms with Crippen LogP contribution in [0.15, 0.2) is 53.4 Å². The van der Waals surface area contributed by atoms with Crippen LogP contribution in [0.3, 0.4) is 0 Å². The van der Waals surface area contributed by atoms with Crippen LogP contribution in [0.5, 0.6) is 0 Å². The van der Waals surface area contributed by atoms with Gasteiger partial charge in [0, 0.05) is 30.4 Å². The molecule has 3 rings (SSSR count). The molecule has 0 aliphatic carbocycles. The molecule has 11 heteroatoms. The summed E-state index contributed by atoms with van der Waals surface area (Å²) in [5, 5.41) is 19.4. The van der Waals surface area contributed by atoms with Gasteiger partial charge >= 0.3 is 0 Å². The number of para-hydroxylation sites is 1. The smallest absolute Gasteiger partial charge is 0.293 e. The lowest BCUT2D eigenvalue weighted by molar-refractivity contribution is -0.384. The van der Waals surface area contributed by atoms with E-state index in [1.807, 2.05) is 67.9 Å². The summed E-state index contributed by atoms with van der Waals surface area (Å²) in [5.41, 5.74) is 3.49. The Morgan fingerprint density at radius 1 is 1.12 bits per heavy atom. The molecule has 0 spiro atoms. The molecule has 0 radical (unpaired) electrons. The molecular weight excluding hydrogens is 456 g/mol. The van der Waals surface area contributed by atoms with E-state index in [4.69, 9.17) is 0 Å². The van der Waals surface area contributed by atoms with E-state index in [2.05, 4.69) is 15.1 Å². The third kappa shape index (κ3) is 5.99. The lowest BCUT2D eigenvalue weighted by Gasteiger charge is -2.12. The number of nitro groups is 1. The number of hydrogen-bond acceptors (Lipinski definition) is 7. The number of nitrogens with zero attached hydrogens (tertiary/aromatic N) is 4. The number of anilines is 1. The SMILES string of the molecule is Cc1nn(-c2ccccc2)c(C)c1CNc1ccc(S(=O)(=O)NCCCN(C)C)cc1[N+](=O)[O-]. The summed E-state index contributed by atoms with van der Waals surface area (Å²) < 4.78 is 29.5. The number of aromatic nitrogens is 2. The Morgan fingerprint density at radius 2 is 1.82 bits per heavy atom. The number of rotatable bonds is 11. The molecule has 0 amide bonds. The maximum Gasteiger partial charge on any atom is 0.293 e. The van der Waals surface area contributed by atoms with Crippen LogP contribution in [-0.4, -0.2) is 55.2 Å². The zero-order valence-electron chi connectivity index (χ0n) is 19.8. The molecule has 182 valence electrons. The van der Waals surface area contributed by atoms with Gasteiger partial charge in [-0.3, -0.25) is 10.1 Å². The highest BCUT2D eigenvalue weighted by atomic mass is 32.2. The monoisotopic (exact) mass is 486 g/mol. The Balaban J connectivity index is 1.78. The Hall–Kier alpha value is -3.28. The van der Waals surface area contributed by atoms with Crippen molar-refractivity contribution in [1.29, 1.82) is 0 Å². The zero-order chi connectivity index (χ0) is 24.9. The largest absolute Gasteiger partial charge is 0.375 e. The van der Waals surface area contributed by atoms with Gasteiger partial charge in [-0.15, -0.1) is 0 Å². The number of sulfonamides is 1. The molecule has 1 heterocycles. The maximum absolute atomic E-state index is 12.6. The molecule has 0 aliphatic heterocycles. The summed E-state index contributed by atoms with van der Waals surface area (Å²) in [7, 11) is -0.0489. The fourth-order valence-corrected chi connectivity index (χ4v) is 4.69. The molecule has 3 aromatic rings. The topological polar surface area (TPSA) is 122 Å². The first-order chi connectivity index (χ1) is 16.1. The molecule has 0 fully saturated rings. The van der Waals surface area contributed by atoms with Gasteiger partial charge in [-0.2, -0.15) is 5.10 Å². The summed E-state index contributed by atoms with van der Waals surface area (Å²) in [6.07, 6.45) is 0.628. The van der Waals surface area contributed by atoms with E-state index in [0.29, 0.717) is 13.0 Å². The molecule has 0 atom stereocenters. The number of aryl methyl sites for hydroxylation is 1. The third-order valence-electron chi connectivity index (χ3n) is 5.45. The van der Waals surface area contributed by atoms with E-state index in [-0.39, 0.29) is 22.8 Å². The molecule has 0 aliphatic rings. The van der Waals surface area contributed by atoms with Crippen molar-refractivity contribution in [2.24, 2.45) is 0 Å². The minimum Gasteiger partial charge on any atom is -0.375 e. The van der Waals surface area contributed by atoms with Crippen molar-refractivity contribution in [2.75, 3.05) is 32.5 Å². The second-order valence-electron chi connectivity index (χ2n) is 8.24. The molecular formula is C23H30N6O4S. The molecule has 2 aromatic carbocycles. The first kappa shape index (κ1) is 25.3. The minimum atomic E-state index is -3.85. The predicted octanol–water partition coefficient (Wildman–Crippen LogP) is 3.24. The average Bonchev–Trinajstić information content (AvgIpc) is 3.08. The van der Waals surface area contributed by atoms with Crippen LogP contribution in [0.1, 0.15) is 23.4 Å². The number of nitro benzene ring substituents is 1. The minimum absolute atomic E-state index is 0.140. The summed E-state index contributed by atoms with van der Waals surface area (Å²) >= 11 is 0. The van der Waals surface area contributed by atoms with E-state index in [0.717, 1.165) is 35.2 Å². The Morgan fingerprint density at radius 3 is 2.47 bits per heavy atom. The van der Waals surface area contributed by atoms with E-state index >= 15 is 0 Å².